The van der Waals surface area contributed by atoms with E-state index in [2.05, 4.69) is 0 Å². The van der Waals surface area contributed by atoms with Crippen molar-refractivity contribution < 1.29 is 19.4 Å². The summed E-state index contributed by atoms with van der Waals surface area (Å²) in [5, 5.41) is 19.0. The monoisotopic (exact) mass is 256 g/mol. The number of aromatic hydroxyl groups is 1. The molecular weight excluding hydrogens is 248 g/mol. The fraction of sp³-hybridized carbons (Fsp3) is 0. The molecule has 1 heterocycles. The van der Waals surface area contributed by atoms with Crippen molar-refractivity contribution in [2.45, 2.75) is 0 Å². The third kappa shape index (κ3) is 1.63. The summed E-state index contributed by atoms with van der Waals surface area (Å²) in [5.74, 6) is -1.24. The van der Waals surface area contributed by atoms with Crippen LogP contribution in [-0.4, -0.2) is 16.2 Å². The normalized spacial score (nSPS) is 10.9. The summed E-state index contributed by atoms with van der Waals surface area (Å²) in [5.41, 5.74) is -0.0124. The highest BCUT2D eigenvalue weighted by Gasteiger charge is 2.12. The number of aromatic carboxylic acids is 1. The average Bonchev–Trinajstić information content (AvgIpc) is 2.40. The molecule has 2 aromatic carbocycles. The molecule has 0 aliphatic rings. The number of carboxylic acid groups (broad SMARTS) is 1. The lowest BCUT2D eigenvalue weighted by Gasteiger charge is -2.03. The van der Waals surface area contributed by atoms with E-state index < -0.39 is 5.97 Å². The van der Waals surface area contributed by atoms with Crippen LogP contribution in [0.5, 0.6) is 5.75 Å². The van der Waals surface area contributed by atoms with Crippen molar-refractivity contribution in [3.05, 3.63) is 52.2 Å². The quantitative estimate of drug-likeness (QED) is 0.652. The maximum Gasteiger partial charge on any atom is 0.335 e. The van der Waals surface area contributed by atoms with Crippen LogP contribution in [0.1, 0.15) is 10.4 Å². The molecular formula is C14H8O5. The van der Waals surface area contributed by atoms with Crippen LogP contribution in [0.15, 0.2) is 45.6 Å². The Hall–Kier alpha value is -2.82. The molecule has 1 aromatic heterocycles. The number of phenolic OH excluding ortho intramolecular Hbond substituents is 1. The minimum absolute atomic E-state index is 0.0132. The zero-order valence-corrected chi connectivity index (χ0v) is 9.58. The highest BCUT2D eigenvalue weighted by Crippen LogP contribution is 2.26. The van der Waals surface area contributed by atoms with E-state index in [1.165, 1.54) is 36.4 Å². The van der Waals surface area contributed by atoms with E-state index in [0.717, 1.165) is 0 Å². The zero-order chi connectivity index (χ0) is 13.6. The van der Waals surface area contributed by atoms with E-state index in [4.69, 9.17) is 9.52 Å². The van der Waals surface area contributed by atoms with Gasteiger partial charge in [-0.1, -0.05) is 6.07 Å². The standard InChI is InChI=1S/C14H8O5/c15-10-3-1-2-8-12(16)9-6-7(14(17)18)4-5-11(9)19-13(8)10/h1-6,15H,(H,17,18). The summed E-state index contributed by atoms with van der Waals surface area (Å²) in [7, 11) is 0. The van der Waals surface area contributed by atoms with Crippen molar-refractivity contribution in [3.8, 4) is 5.75 Å². The zero-order valence-electron chi connectivity index (χ0n) is 9.58. The van der Waals surface area contributed by atoms with Crippen molar-refractivity contribution in [1.82, 2.24) is 0 Å². The minimum atomic E-state index is -1.11. The van der Waals surface area contributed by atoms with E-state index in [-0.39, 0.29) is 38.7 Å². The highest BCUT2D eigenvalue weighted by atomic mass is 16.4. The first-order chi connectivity index (χ1) is 9.08. The molecule has 19 heavy (non-hydrogen) atoms. The fourth-order valence-electron chi connectivity index (χ4n) is 2.00. The Bertz CT molecular complexity index is 876. The van der Waals surface area contributed by atoms with Gasteiger partial charge in [-0.25, -0.2) is 4.79 Å². The van der Waals surface area contributed by atoms with Crippen molar-refractivity contribution in [2.75, 3.05) is 0 Å². The van der Waals surface area contributed by atoms with E-state index in [0.29, 0.717) is 0 Å². The van der Waals surface area contributed by atoms with Gasteiger partial charge < -0.3 is 14.6 Å². The van der Waals surface area contributed by atoms with Crippen molar-refractivity contribution in [1.29, 1.82) is 0 Å². The number of carbonyl (C=O) groups is 1. The lowest BCUT2D eigenvalue weighted by atomic mass is 10.1. The van der Waals surface area contributed by atoms with E-state index in [1.807, 2.05) is 0 Å². The van der Waals surface area contributed by atoms with E-state index in [9.17, 15) is 14.7 Å². The van der Waals surface area contributed by atoms with Crippen LogP contribution in [0.25, 0.3) is 21.9 Å². The largest absolute Gasteiger partial charge is 0.504 e. The predicted octanol–water partition coefficient (Wildman–Crippen LogP) is 2.35. The Morgan fingerprint density at radius 1 is 1.11 bits per heavy atom. The molecule has 0 spiro atoms. The molecule has 0 unspecified atom stereocenters. The van der Waals surface area contributed by atoms with Crippen LogP contribution in [0, 0.1) is 0 Å². The van der Waals surface area contributed by atoms with Gasteiger partial charge in [0.25, 0.3) is 0 Å². The van der Waals surface area contributed by atoms with Gasteiger partial charge in [0.2, 0.25) is 5.43 Å². The Morgan fingerprint density at radius 3 is 2.63 bits per heavy atom. The Morgan fingerprint density at radius 2 is 1.89 bits per heavy atom. The van der Waals surface area contributed by atoms with Crippen LogP contribution < -0.4 is 5.43 Å². The first-order valence-corrected chi connectivity index (χ1v) is 5.50. The van der Waals surface area contributed by atoms with Gasteiger partial charge in [0.05, 0.1) is 16.3 Å². The first kappa shape index (κ1) is 11.3. The summed E-state index contributed by atoms with van der Waals surface area (Å²) in [6.45, 7) is 0. The molecule has 0 atom stereocenters. The number of carboxylic acids is 1. The number of hydrogen-bond donors (Lipinski definition) is 2. The average molecular weight is 256 g/mol. The lowest BCUT2D eigenvalue weighted by molar-refractivity contribution is 0.0697. The van der Waals surface area contributed by atoms with Crippen LogP contribution in [-0.2, 0) is 0 Å². The third-order valence-corrected chi connectivity index (χ3v) is 2.92. The van der Waals surface area contributed by atoms with Crippen LogP contribution in [0.3, 0.4) is 0 Å². The van der Waals surface area contributed by atoms with E-state index in [1.54, 1.807) is 0 Å². The van der Waals surface area contributed by atoms with Crippen molar-refractivity contribution in [3.63, 3.8) is 0 Å². The molecule has 0 radical (unpaired) electrons. The molecule has 0 bridgehead atoms. The molecule has 0 amide bonds. The van der Waals surface area contributed by atoms with Gasteiger partial charge in [0.1, 0.15) is 5.58 Å². The molecule has 0 aliphatic carbocycles. The van der Waals surface area contributed by atoms with E-state index >= 15 is 0 Å². The third-order valence-electron chi connectivity index (χ3n) is 2.92. The molecule has 0 aliphatic heterocycles. The van der Waals surface area contributed by atoms with Gasteiger partial charge >= 0.3 is 5.97 Å². The van der Waals surface area contributed by atoms with Crippen molar-refractivity contribution >= 4 is 27.9 Å². The number of hydrogen-bond acceptors (Lipinski definition) is 4. The van der Waals surface area contributed by atoms with Gasteiger partial charge in [0, 0.05) is 0 Å². The molecule has 0 saturated carbocycles. The second-order valence-corrected chi connectivity index (χ2v) is 4.10. The minimum Gasteiger partial charge on any atom is -0.504 e. The molecule has 3 rings (SSSR count). The van der Waals surface area contributed by atoms with Gasteiger partial charge in [-0.2, -0.15) is 0 Å². The molecule has 0 fully saturated rings. The summed E-state index contributed by atoms with van der Waals surface area (Å²) < 4.78 is 5.45. The number of para-hydroxylation sites is 1. The first-order valence-electron chi connectivity index (χ1n) is 5.50. The summed E-state index contributed by atoms with van der Waals surface area (Å²) in [6.07, 6.45) is 0. The predicted molar refractivity (Wildman–Crippen MR) is 68.6 cm³/mol. The smallest absolute Gasteiger partial charge is 0.335 e. The van der Waals surface area contributed by atoms with Gasteiger partial charge in [-0.15, -0.1) is 0 Å². The maximum atomic E-state index is 12.3. The fourth-order valence-corrected chi connectivity index (χ4v) is 2.00. The second-order valence-electron chi connectivity index (χ2n) is 4.10. The Balaban J connectivity index is 2.51. The molecule has 2 N–H and O–H groups in total. The Labute approximate surface area is 106 Å². The lowest BCUT2D eigenvalue weighted by Crippen LogP contribution is -2.04. The molecule has 5 nitrogen and oxygen atoms in total. The number of benzene rings is 2. The summed E-state index contributed by atoms with van der Waals surface area (Å²) in [4.78, 5) is 23.2. The molecule has 94 valence electrons. The maximum absolute atomic E-state index is 12.3. The SMILES string of the molecule is O=C(O)c1ccc2oc3c(O)cccc3c(=O)c2c1. The molecule has 0 saturated heterocycles. The summed E-state index contributed by atoms with van der Waals surface area (Å²) >= 11 is 0. The Kier molecular flexibility index (Phi) is 2.28. The van der Waals surface area contributed by atoms with Crippen LogP contribution in [0.2, 0.25) is 0 Å². The van der Waals surface area contributed by atoms with Gasteiger partial charge in [-0.05, 0) is 30.3 Å². The topological polar surface area (TPSA) is 87.7 Å². The van der Waals surface area contributed by atoms with Crippen LogP contribution in [0.4, 0.5) is 0 Å². The van der Waals surface area contributed by atoms with Crippen molar-refractivity contribution in [2.24, 2.45) is 0 Å². The van der Waals surface area contributed by atoms with Crippen LogP contribution >= 0.6 is 0 Å². The molecule has 5 heteroatoms. The molecule has 3 aromatic rings. The number of rotatable bonds is 1. The second kappa shape index (κ2) is 3.84. The number of phenols is 1. The summed E-state index contributed by atoms with van der Waals surface area (Å²) in [6, 6.07) is 8.50. The highest BCUT2D eigenvalue weighted by molar-refractivity contribution is 5.96. The number of fused-ring (bicyclic) bond motifs is 2. The van der Waals surface area contributed by atoms with Gasteiger partial charge in [-0.3, -0.25) is 4.79 Å². The van der Waals surface area contributed by atoms with Gasteiger partial charge in [0.15, 0.2) is 11.3 Å².